The molecule has 3 heteroatoms. The summed E-state index contributed by atoms with van der Waals surface area (Å²) in [5.41, 5.74) is 0. The quantitative estimate of drug-likeness (QED) is 0.732. The van der Waals surface area contributed by atoms with Crippen LogP contribution in [-0.2, 0) is 9.47 Å². The molecule has 0 radical (unpaired) electrons. The lowest BCUT2D eigenvalue weighted by Gasteiger charge is -2.26. The maximum atomic E-state index is 5.64. The van der Waals surface area contributed by atoms with E-state index in [2.05, 4.69) is 19.2 Å². The predicted octanol–water partition coefficient (Wildman–Crippen LogP) is 1.57. The number of hydrogen-bond donors (Lipinski definition) is 1. The Morgan fingerprint density at radius 3 is 2.79 bits per heavy atom. The highest BCUT2D eigenvalue weighted by Crippen LogP contribution is 2.12. The van der Waals surface area contributed by atoms with Gasteiger partial charge in [0.05, 0.1) is 12.2 Å². The Bertz CT molecular complexity index is 144. The summed E-state index contributed by atoms with van der Waals surface area (Å²) in [7, 11) is 1.75. The molecule has 0 aliphatic carbocycles. The number of rotatable bonds is 5. The molecule has 3 atom stereocenters. The fraction of sp³-hybridized carbons (Fsp3) is 1.00. The topological polar surface area (TPSA) is 30.5 Å². The van der Waals surface area contributed by atoms with Gasteiger partial charge in [0, 0.05) is 26.3 Å². The highest BCUT2D eigenvalue weighted by Gasteiger charge is 2.16. The Morgan fingerprint density at radius 1 is 1.43 bits per heavy atom. The number of hydrogen-bond acceptors (Lipinski definition) is 3. The summed E-state index contributed by atoms with van der Waals surface area (Å²) < 4.78 is 10.9. The van der Waals surface area contributed by atoms with Crippen molar-refractivity contribution in [2.75, 3.05) is 20.3 Å². The minimum Gasteiger partial charge on any atom is -0.380 e. The second kappa shape index (κ2) is 6.38. The molecule has 0 aromatic heterocycles. The van der Waals surface area contributed by atoms with E-state index in [1.807, 2.05) is 0 Å². The largest absolute Gasteiger partial charge is 0.380 e. The molecule has 0 saturated carbocycles. The van der Waals surface area contributed by atoms with E-state index < -0.39 is 0 Å². The smallest absolute Gasteiger partial charge is 0.0699 e. The van der Waals surface area contributed by atoms with Gasteiger partial charge < -0.3 is 14.8 Å². The van der Waals surface area contributed by atoms with E-state index in [9.17, 15) is 0 Å². The maximum absolute atomic E-state index is 5.64. The molecule has 0 amide bonds. The Hall–Kier alpha value is -0.120. The van der Waals surface area contributed by atoms with Crippen LogP contribution in [0.5, 0.6) is 0 Å². The maximum Gasteiger partial charge on any atom is 0.0699 e. The van der Waals surface area contributed by atoms with Gasteiger partial charge in [-0.2, -0.15) is 0 Å². The van der Waals surface area contributed by atoms with Gasteiger partial charge in [0.1, 0.15) is 0 Å². The van der Waals surface area contributed by atoms with Crippen molar-refractivity contribution in [3.8, 4) is 0 Å². The van der Waals surface area contributed by atoms with E-state index >= 15 is 0 Å². The first-order valence-corrected chi connectivity index (χ1v) is 5.62. The molecule has 0 aromatic rings. The molecule has 84 valence electrons. The van der Waals surface area contributed by atoms with Crippen molar-refractivity contribution >= 4 is 0 Å². The Kier molecular flexibility index (Phi) is 5.45. The average molecular weight is 201 g/mol. The summed E-state index contributed by atoms with van der Waals surface area (Å²) in [4.78, 5) is 0. The van der Waals surface area contributed by atoms with Gasteiger partial charge in [-0.15, -0.1) is 0 Å². The van der Waals surface area contributed by atoms with E-state index in [4.69, 9.17) is 9.47 Å². The van der Waals surface area contributed by atoms with Crippen molar-refractivity contribution in [3.63, 3.8) is 0 Å². The first-order valence-electron chi connectivity index (χ1n) is 5.62. The number of ether oxygens (including phenoxy) is 2. The van der Waals surface area contributed by atoms with E-state index in [1.165, 1.54) is 19.3 Å². The second-order valence-corrected chi connectivity index (χ2v) is 4.13. The van der Waals surface area contributed by atoms with Crippen molar-refractivity contribution in [2.45, 2.75) is 51.4 Å². The van der Waals surface area contributed by atoms with Crippen LogP contribution in [0.15, 0.2) is 0 Å². The minimum atomic E-state index is 0.263. The molecule has 14 heavy (non-hydrogen) atoms. The van der Waals surface area contributed by atoms with Crippen LogP contribution in [-0.4, -0.2) is 38.5 Å². The number of nitrogens with one attached hydrogen (secondary N) is 1. The van der Waals surface area contributed by atoms with Crippen molar-refractivity contribution in [3.05, 3.63) is 0 Å². The molecule has 1 rings (SSSR count). The van der Waals surface area contributed by atoms with Crippen molar-refractivity contribution in [2.24, 2.45) is 0 Å². The van der Waals surface area contributed by atoms with Crippen LogP contribution in [0.1, 0.15) is 33.1 Å². The second-order valence-electron chi connectivity index (χ2n) is 4.13. The van der Waals surface area contributed by atoms with E-state index in [-0.39, 0.29) is 6.10 Å². The summed E-state index contributed by atoms with van der Waals surface area (Å²) in [6.07, 6.45) is 4.40. The van der Waals surface area contributed by atoms with Gasteiger partial charge >= 0.3 is 0 Å². The van der Waals surface area contributed by atoms with Crippen molar-refractivity contribution in [1.29, 1.82) is 0 Å². The molecule has 1 aliphatic rings. The fourth-order valence-corrected chi connectivity index (χ4v) is 1.66. The molecular formula is C11H23NO2. The zero-order valence-electron chi connectivity index (χ0n) is 9.58. The molecule has 3 unspecified atom stereocenters. The molecule has 1 N–H and O–H groups in total. The summed E-state index contributed by atoms with van der Waals surface area (Å²) in [6, 6.07) is 0.394. The molecule has 1 heterocycles. The van der Waals surface area contributed by atoms with Gasteiger partial charge in [0.2, 0.25) is 0 Å². The van der Waals surface area contributed by atoms with Gasteiger partial charge in [-0.25, -0.2) is 0 Å². The molecular weight excluding hydrogens is 178 g/mol. The highest BCUT2D eigenvalue weighted by molar-refractivity contribution is 4.72. The Labute approximate surface area is 87.2 Å². The Morgan fingerprint density at radius 2 is 2.21 bits per heavy atom. The van der Waals surface area contributed by atoms with Gasteiger partial charge in [-0.3, -0.25) is 0 Å². The Balaban J connectivity index is 2.12. The summed E-state index contributed by atoms with van der Waals surface area (Å²) in [5, 5.41) is 3.45. The third kappa shape index (κ3) is 3.95. The van der Waals surface area contributed by atoms with E-state index in [0.717, 1.165) is 13.2 Å². The van der Waals surface area contributed by atoms with Crippen molar-refractivity contribution in [1.82, 2.24) is 5.32 Å². The number of methoxy groups -OCH3 is 1. The van der Waals surface area contributed by atoms with Gasteiger partial charge in [-0.05, 0) is 33.1 Å². The monoisotopic (exact) mass is 201 g/mol. The van der Waals surface area contributed by atoms with Gasteiger partial charge in [0.15, 0.2) is 0 Å². The van der Waals surface area contributed by atoms with Crippen LogP contribution >= 0.6 is 0 Å². The van der Waals surface area contributed by atoms with E-state index in [1.54, 1.807) is 7.11 Å². The molecule has 1 fully saturated rings. The zero-order chi connectivity index (χ0) is 10.4. The highest BCUT2D eigenvalue weighted by atomic mass is 16.5. The molecule has 0 spiro atoms. The first-order chi connectivity index (χ1) is 6.74. The fourth-order valence-electron chi connectivity index (χ4n) is 1.66. The van der Waals surface area contributed by atoms with Crippen LogP contribution in [0.4, 0.5) is 0 Å². The van der Waals surface area contributed by atoms with Crippen LogP contribution in [0.3, 0.4) is 0 Å². The molecule has 0 aromatic carbocycles. The van der Waals surface area contributed by atoms with Gasteiger partial charge in [0.25, 0.3) is 0 Å². The van der Waals surface area contributed by atoms with Crippen molar-refractivity contribution < 1.29 is 9.47 Å². The third-order valence-electron chi connectivity index (χ3n) is 3.02. The van der Waals surface area contributed by atoms with Crippen LogP contribution in [0, 0.1) is 0 Å². The van der Waals surface area contributed by atoms with Gasteiger partial charge in [-0.1, -0.05) is 0 Å². The van der Waals surface area contributed by atoms with E-state index in [0.29, 0.717) is 12.1 Å². The molecule has 0 bridgehead atoms. The lowest BCUT2D eigenvalue weighted by atomic mass is 10.1. The first kappa shape index (κ1) is 12.0. The summed E-state index contributed by atoms with van der Waals surface area (Å²) >= 11 is 0. The molecule has 1 aliphatic heterocycles. The van der Waals surface area contributed by atoms with Crippen LogP contribution in [0.25, 0.3) is 0 Å². The molecule has 3 nitrogen and oxygen atoms in total. The summed E-state index contributed by atoms with van der Waals surface area (Å²) in [6.45, 7) is 6.12. The molecule has 1 saturated heterocycles. The average Bonchev–Trinajstić information content (AvgIpc) is 2.26. The SMILES string of the molecule is COC(C)C(C)NCC1CCCCO1. The van der Waals surface area contributed by atoms with Crippen LogP contribution in [0.2, 0.25) is 0 Å². The normalized spacial score (nSPS) is 27.2. The lowest BCUT2D eigenvalue weighted by molar-refractivity contribution is 0.0103. The standard InChI is InChI=1S/C11H23NO2/c1-9(10(2)13-3)12-8-11-6-4-5-7-14-11/h9-12H,4-8H2,1-3H3. The third-order valence-corrected chi connectivity index (χ3v) is 3.02. The lowest BCUT2D eigenvalue weighted by Crippen LogP contribution is -2.42. The zero-order valence-corrected chi connectivity index (χ0v) is 9.58. The minimum absolute atomic E-state index is 0.263. The van der Waals surface area contributed by atoms with Crippen LogP contribution < -0.4 is 5.32 Å². The predicted molar refractivity (Wildman–Crippen MR) is 57.5 cm³/mol. The summed E-state index contributed by atoms with van der Waals surface area (Å²) in [5.74, 6) is 0.